The molecule has 0 spiro atoms. The second kappa shape index (κ2) is 9.44. The van der Waals surface area contributed by atoms with Gasteiger partial charge in [0.15, 0.2) is 0 Å². The van der Waals surface area contributed by atoms with Crippen molar-refractivity contribution < 1.29 is 0 Å². The van der Waals surface area contributed by atoms with Crippen LogP contribution in [0.2, 0.25) is 0 Å². The Morgan fingerprint density at radius 2 is 2.06 bits per heavy atom. The van der Waals surface area contributed by atoms with Gasteiger partial charge in [-0.1, -0.05) is 6.42 Å². The number of rotatable bonds is 8. The molecule has 0 bridgehead atoms. The SMILES string of the molecule is CC1CCCCN1CCCNCCCCC#N. The Balaban J connectivity index is 1.88. The van der Waals surface area contributed by atoms with E-state index in [9.17, 15) is 0 Å². The first-order valence-electron chi connectivity index (χ1n) is 7.16. The summed E-state index contributed by atoms with van der Waals surface area (Å²) in [7, 11) is 0. The number of piperidine rings is 1. The fourth-order valence-electron chi connectivity index (χ4n) is 2.48. The highest BCUT2D eigenvalue weighted by atomic mass is 15.2. The third kappa shape index (κ3) is 6.65. The van der Waals surface area contributed by atoms with Gasteiger partial charge in [0.05, 0.1) is 6.07 Å². The topological polar surface area (TPSA) is 39.1 Å². The molecule has 1 aliphatic heterocycles. The first kappa shape index (κ1) is 14.5. The van der Waals surface area contributed by atoms with Crippen molar-refractivity contribution in [1.29, 1.82) is 5.26 Å². The van der Waals surface area contributed by atoms with Crippen molar-refractivity contribution in [2.45, 2.75) is 57.9 Å². The Hall–Kier alpha value is -0.590. The second-order valence-electron chi connectivity index (χ2n) is 5.10. The molecule has 0 aliphatic carbocycles. The molecule has 0 saturated carbocycles. The van der Waals surface area contributed by atoms with Crippen LogP contribution in [0.4, 0.5) is 0 Å². The molecule has 1 N–H and O–H groups in total. The molecular formula is C14H27N3. The molecule has 98 valence electrons. The van der Waals surface area contributed by atoms with Crippen molar-refractivity contribution in [3.05, 3.63) is 0 Å². The van der Waals surface area contributed by atoms with Crippen LogP contribution in [0.5, 0.6) is 0 Å². The van der Waals surface area contributed by atoms with Crippen LogP contribution in [0.25, 0.3) is 0 Å². The van der Waals surface area contributed by atoms with E-state index >= 15 is 0 Å². The predicted octanol–water partition coefficient (Wildman–Crippen LogP) is 2.53. The smallest absolute Gasteiger partial charge is 0.0621 e. The molecule has 3 heteroatoms. The summed E-state index contributed by atoms with van der Waals surface area (Å²) in [5.74, 6) is 0. The number of hydrogen-bond donors (Lipinski definition) is 1. The van der Waals surface area contributed by atoms with E-state index in [1.54, 1.807) is 0 Å². The molecule has 1 aliphatic rings. The number of likely N-dealkylation sites (tertiary alicyclic amines) is 1. The molecule has 0 amide bonds. The highest BCUT2D eigenvalue weighted by Crippen LogP contribution is 2.15. The van der Waals surface area contributed by atoms with Crippen molar-refractivity contribution in [2.75, 3.05) is 26.2 Å². The Bertz CT molecular complexity index is 222. The molecule has 1 rings (SSSR count). The lowest BCUT2D eigenvalue weighted by Gasteiger charge is -2.33. The minimum atomic E-state index is 0.701. The van der Waals surface area contributed by atoms with Gasteiger partial charge in [-0.05, 0) is 65.2 Å². The largest absolute Gasteiger partial charge is 0.317 e. The first-order chi connectivity index (χ1) is 8.34. The number of nitriles is 1. The van der Waals surface area contributed by atoms with Gasteiger partial charge in [-0.15, -0.1) is 0 Å². The molecule has 3 nitrogen and oxygen atoms in total. The van der Waals surface area contributed by atoms with Gasteiger partial charge in [0, 0.05) is 12.5 Å². The van der Waals surface area contributed by atoms with Crippen LogP contribution in [0.15, 0.2) is 0 Å². The average molecular weight is 237 g/mol. The maximum Gasteiger partial charge on any atom is 0.0621 e. The number of nitrogens with one attached hydrogen (secondary N) is 1. The second-order valence-corrected chi connectivity index (χ2v) is 5.10. The zero-order valence-electron chi connectivity index (χ0n) is 11.2. The lowest BCUT2D eigenvalue weighted by Crippen LogP contribution is -2.38. The van der Waals surface area contributed by atoms with E-state index in [1.165, 1.54) is 38.8 Å². The van der Waals surface area contributed by atoms with E-state index in [4.69, 9.17) is 5.26 Å². The van der Waals surface area contributed by atoms with Crippen LogP contribution in [0, 0.1) is 11.3 Å². The normalized spacial score (nSPS) is 21.3. The van der Waals surface area contributed by atoms with Gasteiger partial charge in [-0.25, -0.2) is 0 Å². The van der Waals surface area contributed by atoms with Crippen LogP contribution >= 0.6 is 0 Å². The molecule has 0 aromatic rings. The maximum atomic E-state index is 8.40. The van der Waals surface area contributed by atoms with Gasteiger partial charge < -0.3 is 10.2 Å². The van der Waals surface area contributed by atoms with Gasteiger partial charge in [0.25, 0.3) is 0 Å². The summed E-state index contributed by atoms with van der Waals surface area (Å²) < 4.78 is 0. The van der Waals surface area contributed by atoms with Crippen molar-refractivity contribution in [2.24, 2.45) is 0 Å². The predicted molar refractivity (Wildman–Crippen MR) is 71.8 cm³/mol. The Labute approximate surface area is 106 Å². The monoisotopic (exact) mass is 237 g/mol. The summed E-state index contributed by atoms with van der Waals surface area (Å²) in [6, 6.07) is 2.97. The summed E-state index contributed by atoms with van der Waals surface area (Å²) in [6.07, 6.45) is 8.29. The summed E-state index contributed by atoms with van der Waals surface area (Å²) in [5.41, 5.74) is 0. The van der Waals surface area contributed by atoms with Gasteiger partial charge in [0.1, 0.15) is 0 Å². The van der Waals surface area contributed by atoms with Crippen molar-refractivity contribution in [1.82, 2.24) is 10.2 Å². The zero-order chi connectivity index (χ0) is 12.3. The molecule has 0 aromatic carbocycles. The molecule has 17 heavy (non-hydrogen) atoms. The van der Waals surface area contributed by atoms with Crippen molar-refractivity contribution in [3.63, 3.8) is 0 Å². The standard InChI is InChI=1S/C14H27N3/c1-14-8-3-6-12-17(14)13-7-11-16-10-5-2-4-9-15/h14,16H,2-8,10-13H2,1H3. The van der Waals surface area contributed by atoms with E-state index in [0.29, 0.717) is 6.42 Å². The highest BCUT2D eigenvalue weighted by molar-refractivity contribution is 4.73. The molecule has 1 saturated heterocycles. The van der Waals surface area contributed by atoms with E-state index in [1.807, 2.05) is 0 Å². The minimum absolute atomic E-state index is 0.701. The molecule has 1 fully saturated rings. The Kier molecular flexibility index (Phi) is 8.04. The van der Waals surface area contributed by atoms with Gasteiger partial charge in [0.2, 0.25) is 0 Å². The highest BCUT2D eigenvalue weighted by Gasteiger charge is 2.16. The molecule has 1 heterocycles. The maximum absolute atomic E-state index is 8.40. The number of hydrogen-bond acceptors (Lipinski definition) is 3. The lowest BCUT2D eigenvalue weighted by molar-refractivity contribution is 0.159. The Morgan fingerprint density at radius 1 is 1.24 bits per heavy atom. The van der Waals surface area contributed by atoms with Crippen LogP contribution in [0.1, 0.15) is 51.9 Å². The third-order valence-corrected chi connectivity index (χ3v) is 3.63. The van der Waals surface area contributed by atoms with Crippen molar-refractivity contribution >= 4 is 0 Å². The summed E-state index contributed by atoms with van der Waals surface area (Å²) in [5, 5.41) is 11.9. The van der Waals surface area contributed by atoms with Crippen LogP contribution in [-0.4, -0.2) is 37.1 Å². The average Bonchev–Trinajstić information content (AvgIpc) is 2.35. The third-order valence-electron chi connectivity index (χ3n) is 3.63. The Morgan fingerprint density at radius 3 is 2.82 bits per heavy atom. The summed E-state index contributed by atoms with van der Waals surface area (Å²) in [6.45, 7) is 7.08. The quantitative estimate of drug-likeness (QED) is 0.659. The van der Waals surface area contributed by atoms with Gasteiger partial charge in [-0.2, -0.15) is 5.26 Å². The molecule has 1 unspecified atom stereocenters. The molecular weight excluding hydrogens is 210 g/mol. The number of unbranched alkanes of at least 4 members (excludes halogenated alkanes) is 2. The van der Waals surface area contributed by atoms with Crippen LogP contribution in [0.3, 0.4) is 0 Å². The van der Waals surface area contributed by atoms with E-state index in [2.05, 4.69) is 23.2 Å². The van der Waals surface area contributed by atoms with E-state index in [0.717, 1.165) is 32.0 Å². The fourth-order valence-corrected chi connectivity index (χ4v) is 2.48. The van der Waals surface area contributed by atoms with Crippen LogP contribution in [-0.2, 0) is 0 Å². The van der Waals surface area contributed by atoms with Gasteiger partial charge in [-0.3, -0.25) is 0 Å². The van der Waals surface area contributed by atoms with E-state index < -0.39 is 0 Å². The minimum Gasteiger partial charge on any atom is -0.317 e. The molecule has 0 radical (unpaired) electrons. The van der Waals surface area contributed by atoms with Crippen molar-refractivity contribution in [3.8, 4) is 6.07 Å². The molecule has 0 aromatic heterocycles. The number of nitrogens with zero attached hydrogens (tertiary/aromatic N) is 2. The van der Waals surface area contributed by atoms with E-state index in [-0.39, 0.29) is 0 Å². The van der Waals surface area contributed by atoms with Crippen LogP contribution < -0.4 is 5.32 Å². The zero-order valence-corrected chi connectivity index (χ0v) is 11.2. The van der Waals surface area contributed by atoms with Gasteiger partial charge >= 0.3 is 0 Å². The first-order valence-corrected chi connectivity index (χ1v) is 7.16. The fraction of sp³-hybridized carbons (Fsp3) is 0.929. The summed E-state index contributed by atoms with van der Waals surface area (Å²) >= 11 is 0. The molecule has 1 atom stereocenters. The summed E-state index contributed by atoms with van der Waals surface area (Å²) in [4.78, 5) is 2.63. The lowest BCUT2D eigenvalue weighted by atomic mass is 10.0.